The van der Waals surface area contributed by atoms with Crippen LogP contribution in [0.3, 0.4) is 0 Å². The molecule has 22 heavy (non-hydrogen) atoms. The van der Waals surface area contributed by atoms with Crippen molar-refractivity contribution in [2.24, 2.45) is 0 Å². The molecule has 0 fully saturated rings. The Morgan fingerprint density at radius 2 is 0.0909 bits per heavy atom. The summed E-state index contributed by atoms with van der Waals surface area (Å²) in [5.41, 5.74) is 0. The van der Waals surface area contributed by atoms with E-state index in [1.165, 1.54) is 0 Å². The first-order chi connectivity index (χ1) is 0. The Morgan fingerprint density at radius 1 is 0.0909 bits per heavy atom. The smallest absolute Gasteiger partial charge is 0 e. The molecule has 0 aromatic carbocycles. The third-order valence-electron chi connectivity index (χ3n) is 0. The van der Waals surface area contributed by atoms with E-state index in [0.29, 0.717) is 0 Å². The van der Waals surface area contributed by atoms with Crippen molar-refractivity contribution >= 4 is 0 Å². The molecule has 0 aromatic rings. The van der Waals surface area contributed by atoms with Gasteiger partial charge >= 0.3 is 0 Å². The fraction of sp³-hybridized carbons (Fsp3) is 1.00. The summed E-state index contributed by atoms with van der Waals surface area (Å²) in [7, 11) is 0. The van der Waals surface area contributed by atoms with Gasteiger partial charge in [0.25, 0.3) is 0 Å². The van der Waals surface area contributed by atoms with Crippen LogP contribution < -0.4 is 0 Å². The number of rotatable bonds is 0. The Balaban J connectivity index is 0. The quantitative estimate of drug-likeness (QED) is 0.246. The van der Waals surface area contributed by atoms with Crippen molar-refractivity contribution in [2.75, 3.05) is 0 Å². The summed E-state index contributed by atoms with van der Waals surface area (Å²) < 4.78 is 0. The molecule has 11 heteroatoms. The summed E-state index contributed by atoms with van der Waals surface area (Å²) in [6, 6.07) is 0. The Hall–Kier alpha value is -11.0. The first-order valence-electron chi connectivity index (χ1n) is 0. The van der Waals surface area contributed by atoms with Crippen LogP contribution in [0.25, 0.3) is 0 Å². The Labute approximate surface area is 82.4 Å². The summed E-state index contributed by atoms with van der Waals surface area (Å²) in [6.45, 7) is 0. The Morgan fingerprint density at radius 3 is 0.0909 bits per heavy atom. The largest absolute Gasteiger partial charge is 0.0776 e. The molecule has 0 aromatic heterocycles. The standard InChI is InChI=1S/11CH4.11No/h11*1H4;;;;;;;;;;;. The third-order valence-corrected chi connectivity index (χ3v) is 0. The topological polar surface area (TPSA) is 0 Å². The third kappa shape index (κ3) is 4.76. The van der Waals surface area contributed by atoms with Crippen LogP contribution in [0.2, 0.25) is 0 Å². The first kappa shape index (κ1) is 9.09. The van der Waals surface area contributed by atoms with E-state index in [2.05, 4.69) is 0 Å². The van der Waals surface area contributed by atoms with Crippen LogP contribution in [-0.4, -0.2) is 0 Å². The van der Waals surface area contributed by atoms with Gasteiger partial charge < -0.3 is 0 Å². The summed E-state index contributed by atoms with van der Waals surface area (Å²) in [5, 5.41) is 0. The van der Waals surface area contributed by atoms with E-state index >= 15 is 0 Å². The molecular formula is C11H44No11. The zero-order valence-electron chi connectivity index (χ0n) is 2.94. The van der Waals surface area contributed by atoms with Gasteiger partial charge in [-0.3, -0.25) is 0 Å². The van der Waals surface area contributed by atoms with Crippen molar-refractivity contribution in [3.8, 4) is 0 Å². The summed E-state index contributed by atoms with van der Waals surface area (Å²) in [6.07, 6.45) is 0. The van der Waals surface area contributed by atoms with E-state index in [4.69, 9.17) is 0 Å². The predicted octanol–water partition coefficient (Wildman–Crippen LogP) is 7.00. The maximum absolute atomic E-state index is 0. The molecule has 0 amide bonds. The van der Waals surface area contributed by atoms with Gasteiger partial charge in [-0.05, 0) is 0 Å². The van der Waals surface area contributed by atoms with Crippen LogP contribution >= 0.6 is 0 Å². The minimum Gasteiger partial charge on any atom is -0.0776 e. The van der Waals surface area contributed by atoms with Gasteiger partial charge in [0.15, 0.2) is 0 Å². The van der Waals surface area contributed by atoms with Gasteiger partial charge in [0.2, 0.25) is 0 Å². The molecule has 0 spiro atoms. The van der Waals surface area contributed by atoms with Crippen LogP contribution in [0.4, 0.5) is 0 Å². The normalized spacial score (nSPS) is 0. The molecule has 0 aliphatic carbocycles. The second kappa shape index (κ2) is 6.69. The van der Waals surface area contributed by atoms with Crippen molar-refractivity contribution in [2.45, 2.75) is 81.7 Å². The number of hydrogen-bond acceptors (Lipinski definition) is 0. The first-order valence-corrected chi connectivity index (χ1v) is 0. The molecule has 0 radical (unpaired) electrons. The maximum Gasteiger partial charge on any atom is 0 e. The molecule has 0 saturated carbocycles. The molecule has 0 nitrogen and oxygen atoms in total. The molecule has 0 N–H and O–H groups in total. The van der Waals surface area contributed by atoms with Gasteiger partial charge in [-0.15, -0.1) is 0 Å². The van der Waals surface area contributed by atoms with Crippen LogP contribution in [0.5, 0.6) is 0 Å². The van der Waals surface area contributed by atoms with E-state index in [1.54, 1.807) is 0 Å². The fourth-order valence-corrected chi connectivity index (χ4v) is 0. The van der Waals surface area contributed by atoms with Gasteiger partial charge in [0.1, 0.15) is 0 Å². The van der Waals surface area contributed by atoms with Gasteiger partial charge in [0.05, 0.1) is 0 Å². The second-order valence-corrected chi connectivity index (χ2v) is 0. The monoisotopic (exact) mass is 3030 g/mol. The molecule has 0 rings (SSSR count). The van der Waals surface area contributed by atoms with Crippen molar-refractivity contribution < 1.29 is 0 Å². The summed E-state index contributed by atoms with van der Waals surface area (Å²) in [5.74, 6) is 0. The molecule has 0 bridgehead atoms. The van der Waals surface area contributed by atoms with Gasteiger partial charge in [-0.1, -0.05) is 81.7 Å². The maximum atomic E-state index is 0. The Bertz CT molecular complexity index is 22.0. The second-order valence-electron chi connectivity index (χ2n) is 0. The molecule has 0 atom stereocenters. The van der Waals surface area contributed by atoms with E-state index in [1.807, 2.05) is 0 Å². The van der Waals surface area contributed by atoms with Crippen molar-refractivity contribution in [3.63, 3.8) is 0 Å². The van der Waals surface area contributed by atoms with Crippen molar-refractivity contribution in [3.05, 3.63) is 0 Å². The van der Waals surface area contributed by atoms with E-state index in [-0.39, 0.29) is 81.7 Å². The zero-order valence-corrected chi connectivity index (χ0v) is 27.4. The predicted molar refractivity (Wildman–Crippen MR) is 74.0 cm³/mol. The number of hydrogen-bond donors (Lipinski definition) is 0. The van der Waals surface area contributed by atoms with Gasteiger partial charge in [-0.2, -0.15) is 0 Å². The molecule has 0 aliphatic heterocycles. The van der Waals surface area contributed by atoms with Crippen LogP contribution in [0.15, 0.2) is 0 Å². The summed E-state index contributed by atoms with van der Waals surface area (Å²) in [4.78, 5) is 0. The minimum atomic E-state index is 0. The van der Waals surface area contributed by atoms with Crippen LogP contribution in [-0.2, 0) is 0 Å². The van der Waals surface area contributed by atoms with Gasteiger partial charge in [-0.25, -0.2) is 0 Å². The van der Waals surface area contributed by atoms with Crippen molar-refractivity contribution in [1.82, 2.24) is 0 Å². The molecule has 0 unspecified atom stereocenters. The van der Waals surface area contributed by atoms with Crippen molar-refractivity contribution in [1.29, 1.82) is 0 Å². The molecular weight excluding hydrogens is 2980 g/mol. The fourth-order valence-electron chi connectivity index (χ4n) is 0. The molecule has 0 heterocycles. The van der Waals surface area contributed by atoms with Crippen LogP contribution in [0.1, 0.15) is 81.7 Å². The average molecular weight is 3030 g/mol. The van der Waals surface area contributed by atoms with E-state index < -0.39 is 0 Å². The molecule has 242 valence electrons. The van der Waals surface area contributed by atoms with Crippen LogP contribution in [0, 0.1) is 0 Å². The summed E-state index contributed by atoms with van der Waals surface area (Å²) >= 11 is 0. The molecule has 0 aliphatic rings. The van der Waals surface area contributed by atoms with Gasteiger partial charge in [0, 0.05) is 0 Å². The molecule has 0 saturated heterocycles. The van der Waals surface area contributed by atoms with E-state index in [0.717, 1.165) is 0 Å². The zero-order chi connectivity index (χ0) is 0. The van der Waals surface area contributed by atoms with E-state index in [9.17, 15) is 0 Å². The minimum absolute atomic E-state index is 0. The average Bonchev–Trinajstić information content (AvgIpc) is 0. The SMILES string of the molecule is C.C.C.C.C.C.C.C.C.C.C.[No].[No].[No].[No].[No].[No].[No].[No].[No].[No].[No]. The Kier molecular flexibility index (Phi) is 2.77.